The Balaban J connectivity index is 1.31. The van der Waals surface area contributed by atoms with Crippen molar-refractivity contribution in [1.82, 2.24) is 14.7 Å². The first-order valence-electron chi connectivity index (χ1n) is 9.60. The first kappa shape index (κ1) is 18.2. The van der Waals surface area contributed by atoms with E-state index in [0.717, 1.165) is 51.1 Å². The number of carbonyl (C=O) groups is 2. The van der Waals surface area contributed by atoms with Gasteiger partial charge in [0.15, 0.2) is 0 Å². The van der Waals surface area contributed by atoms with Crippen LogP contribution in [-0.2, 0) is 17.8 Å². The average molecular weight is 384 g/mol. The van der Waals surface area contributed by atoms with Crippen LogP contribution in [0.1, 0.15) is 27.2 Å². The Bertz CT molecular complexity index is 805. The SMILES string of the molecule is O=C(CN1CCCN(C(=O)c2ccccc2)CC1)N1CCc2sccc2C1. The lowest BCUT2D eigenvalue weighted by Gasteiger charge is -2.29. The Hall–Kier alpha value is -2.18. The Morgan fingerprint density at radius 2 is 1.78 bits per heavy atom. The molecule has 0 N–H and O–H groups in total. The molecule has 1 aromatic heterocycles. The van der Waals surface area contributed by atoms with Crippen molar-refractivity contribution in [2.75, 3.05) is 39.3 Å². The maximum absolute atomic E-state index is 12.8. The number of fused-ring (bicyclic) bond motifs is 1. The Morgan fingerprint density at radius 1 is 0.926 bits per heavy atom. The number of amides is 2. The monoisotopic (exact) mass is 383 g/mol. The highest BCUT2D eigenvalue weighted by Gasteiger charge is 2.25. The van der Waals surface area contributed by atoms with E-state index in [1.54, 1.807) is 11.3 Å². The Labute approximate surface area is 164 Å². The van der Waals surface area contributed by atoms with E-state index in [4.69, 9.17) is 0 Å². The lowest BCUT2D eigenvalue weighted by atomic mass is 10.1. The van der Waals surface area contributed by atoms with Crippen LogP contribution < -0.4 is 0 Å². The molecule has 2 aliphatic rings. The van der Waals surface area contributed by atoms with Crippen molar-refractivity contribution in [2.45, 2.75) is 19.4 Å². The number of benzene rings is 1. The van der Waals surface area contributed by atoms with E-state index in [9.17, 15) is 9.59 Å². The molecule has 0 bridgehead atoms. The van der Waals surface area contributed by atoms with Crippen LogP contribution in [0, 0.1) is 0 Å². The van der Waals surface area contributed by atoms with E-state index in [2.05, 4.69) is 16.3 Å². The molecule has 2 aromatic rings. The van der Waals surface area contributed by atoms with Crippen LogP contribution in [0.15, 0.2) is 41.8 Å². The fourth-order valence-electron chi connectivity index (χ4n) is 3.85. The quantitative estimate of drug-likeness (QED) is 0.818. The summed E-state index contributed by atoms with van der Waals surface area (Å²) < 4.78 is 0. The fraction of sp³-hybridized carbons (Fsp3) is 0.429. The molecule has 0 saturated carbocycles. The number of hydrogen-bond donors (Lipinski definition) is 0. The molecule has 27 heavy (non-hydrogen) atoms. The summed E-state index contributed by atoms with van der Waals surface area (Å²) in [6, 6.07) is 11.6. The molecular weight excluding hydrogens is 358 g/mol. The summed E-state index contributed by atoms with van der Waals surface area (Å²) in [6.45, 7) is 5.05. The largest absolute Gasteiger partial charge is 0.337 e. The molecule has 1 saturated heterocycles. The normalized spacial score (nSPS) is 18.1. The molecule has 0 aliphatic carbocycles. The van der Waals surface area contributed by atoms with Gasteiger partial charge in [0.25, 0.3) is 5.91 Å². The van der Waals surface area contributed by atoms with Gasteiger partial charge in [0.2, 0.25) is 5.91 Å². The van der Waals surface area contributed by atoms with Gasteiger partial charge in [-0.1, -0.05) is 18.2 Å². The van der Waals surface area contributed by atoms with Gasteiger partial charge >= 0.3 is 0 Å². The molecule has 5 nitrogen and oxygen atoms in total. The topological polar surface area (TPSA) is 43.9 Å². The summed E-state index contributed by atoms with van der Waals surface area (Å²) in [4.78, 5) is 32.9. The van der Waals surface area contributed by atoms with E-state index in [0.29, 0.717) is 13.1 Å². The van der Waals surface area contributed by atoms with Crippen LogP contribution >= 0.6 is 11.3 Å². The van der Waals surface area contributed by atoms with Gasteiger partial charge in [-0.05, 0) is 42.0 Å². The molecule has 2 aliphatic heterocycles. The predicted molar refractivity (Wildman–Crippen MR) is 107 cm³/mol. The highest BCUT2D eigenvalue weighted by molar-refractivity contribution is 7.10. The molecule has 4 rings (SSSR count). The van der Waals surface area contributed by atoms with Gasteiger partial charge in [-0.15, -0.1) is 11.3 Å². The zero-order valence-electron chi connectivity index (χ0n) is 15.5. The number of rotatable bonds is 3. The summed E-state index contributed by atoms with van der Waals surface area (Å²) in [7, 11) is 0. The second-order valence-corrected chi connectivity index (χ2v) is 8.22. The highest BCUT2D eigenvalue weighted by atomic mass is 32.1. The first-order chi connectivity index (χ1) is 13.2. The van der Waals surface area contributed by atoms with Gasteiger partial charge in [0.1, 0.15) is 0 Å². The number of hydrogen-bond acceptors (Lipinski definition) is 4. The smallest absolute Gasteiger partial charge is 0.253 e. The minimum Gasteiger partial charge on any atom is -0.337 e. The van der Waals surface area contributed by atoms with Gasteiger partial charge in [0.05, 0.1) is 6.54 Å². The molecule has 0 spiro atoms. The van der Waals surface area contributed by atoms with Gasteiger partial charge in [-0.2, -0.15) is 0 Å². The lowest BCUT2D eigenvalue weighted by molar-refractivity contribution is -0.133. The van der Waals surface area contributed by atoms with Crippen molar-refractivity contribution in [1.29, 1.82) is 0 Å². The van der Waals surface area contributed by atoms with Crippen LogP contribution in [0.2, 0.25) is 0 Å². The second-order valence-electron chi connectivity index (χ2n) is 7.22. The summed E-state index contributed by atoms with van der Waals surface area (Å²) >= 11 is 1.79. The van der Waals surface area contributed by atoms with Crippen LogP contribution in [0.4, 0.5) is 0 Å². The standard InChI is InChI=1S/C21H25N3O2S/c25-20(24-11-7-19-18(15-24)8-14-27-19)16-22-9-4-10-23(13-12-22)21(26)17-5-2-1-3-6-17/h1-3,5-6,8,14H,4,7,9-13,15-16H2. The third-order valence-electron chi connectivity index (χ3n) is 5.42. The molecule has 2 amide bonds. The summed E-state index contributed by atoms with van der Waals surface area (Å²) in [5.41, 5.74) is 2.04. The van der Waals surface area contributed by atoms with Gasteiger partial charge in [-0.25, -0.2) is 0 Å². The molecule has 1 aromatic carbocycles. The third kappa shape index (κ3) is 4.22. The fourth-order valence-corrected chi connectivity index (χ4v) is 4.74. The molecular formula is C21H25N3O2S. The average Bonchev–Trinajstić information content (AvgIpc) is 3.06. The first-order valence-corrected chi connectivity index (χ1v) is 10.5. The van der Waals surface area contributed by atoms with Gasteiger partial charge in [0, 0.05) is 49.7 Å². The van der Waals surface area contributed by atoms with Crippen molar-refractivity contribution in [3.63, 3.8) is 0 Å². The van der Waals surface area contributed by atoms with E-state index in [-0.39, 0.29) is 11.8 Å². The second kappa shape index (κ2) is 8.23. The van der Waals surface area contributed by atoms with Crippen LogP contribution in [0.3, 0.4) is 0 Å². The van der Waals surface area contributed by atoms with E-state index < -0.39 is 0 Å². The van der Waals surface area contributed by atoms with Crippen molar-refractivity contribution in [3.8, 4) is 0 Å². The van der Waals surface area contributed by atoms with Gasteiger partial charge < -0.3 is 9.80 Å². The van der Waals surface area contributed by atoms with Crippen molar-refractivity contribution < 1.29 is 9.59 Å². The van der Waals surface area contributed by atoms with Gasteiger partial charge in [-0.3, -0.25) is 14.5 Å². The van der Waals surface area contributed by atoms with Crippen molar-refractivity contribution in [2.24, 2.45) is 0 Å². The number of thiophene rings is 1. The maximum Gasteiger partial charge on any atom is 0.253 e. The summed E-state index contributed by atoms with van der Waals surface area (Å²) in [5.74, 6) is 0.291. The molecule has 6 heteroatoms. The molecule has 1 fully saturated rings. The maximum atomic E-state index is 12.8. The highest BCUT2D eigenvalue weighted by Crippen LogP contribution is 2.24. The number of nitrogens with zero attached hydrogens (tertiary/aromatic N) is 3. The predicted octanol–water partition coefficient (Wildman–Crippen LogP) is 2.48. The number of carbonyl (C=O) groups excluding carboxylic acids is 2. The van der Waals surface area contributed by atoms with E-state index in [1.807, 2.05) is 40.1 Å². The zero-order chi connectivity index (χ0) is 18.6. The van der Waals surface area contributed by atoms with Crippen molar-refractivity contribution >= 4 is 23.2 Å². The summed E-state index contributed by atoms with van der Waals surface area (Å²) in [5, 5.41) is 2.12. The van der Waals surface area contributed by atoms with Crippen LogP contribution in [-0.4, -0.2) is 65.8 Å². The lowest BCUT2D eigenvalue weighted by Crippen LogP contribution is -2.43. The Kier molecular flexibility index (Phi) is 5.55. The molecule has 0 atom stereocenters. The van der Waals surface area contributed by atoms with Crippen LogP contribution in [0.25, 0.3) is 0 Å². The summed E-state index contributed by atoms with van der Waals surface area (Å²) in [6.07, 6.45) is 1.87. The minimum absolute atomic E-state index is 0.0878. The van der Waals surface area contributed by atoms with E-state index in [1.165, 1.54) is 10.4 Å². The zero-order valence-corrected chi connectivity index (χ0v) is 16.3. The molecule has 0 unspecified atom stereocenters. The van der Waals surface area contributed by atoms with Crippen molar-refractivity contribution in [3.05, 3.63) is 57.8 Å². The Morgan fingerprint density at radius 3 is 2.63 bits per heavy atom. The molecule has 0 radical (unpaired) electrons. The van der Waals surface area contributed by atoms with Crippen LogP contribution in [0.5, 0.6) is 0 Å². The molecule has 142 valence electrons. The minimum atomic E-state index is 0.0878. The van der Waals surface area contributed by atoms with E-state index >= 15 is 0 Å². The molecule has 3 heterocycles. The third-order valence-corrected chi connectivity index (χ3v) is 6.44.